The van der Waals surface area contributed by atoms with Gasteiger partial charge in [0, 0.05) is 44.2 Å². The van der Waals surface area contributed by atoms with Crippen LogP contribution in [-0.4, -0.2) is 60.1 Å². The first kappa shape index (κ1) is 28.6. The molecule has 0 spiro atoms. The lowest BCUT2D eigenvalue weighted by Crippen LogP contribution is -2.50. The molecule has 2 saturated heterocycles. The molecule has 2 aromatic rings. The number of amides is 2. The van der Waals surface area contributed by atoms with Crippen molar-refractivity contribution in [3.63, 3.8) is 0 Å². The van der Waals surface area contributed by atoms with Crippen LogP contribution in [0, 0.1) is 12.8 Å². The summed E-state index contributed by atoms with van der Waals surface area (Å²) >= 11 is 12.8. The molecule has 1 atom stereocenters. The lowest BCUT2D eigenvalue weighted by atomic mass is 9.92. The number of likely N-dealkylation sites (tertiary alicyclic amines) is 1. The number of piperazine rings is 1. The Bertz CT molecular complexity index is 1120. The standard InChI is InChI=1S/C30H39Cl2N3O3/c1-21-5-11-26(25(32)19-21)35-18-17-34(20-27(35)23-7-9-24(31)10-8-23)28(36)12-6-22-13-15-33(16-14-22)29(37)38-30(2,3)4/h5,7-11,19,22,27H,6,12-18,20H2,1-4H3/t27-/m0/s1. The molecule has 6 nitrogen and oxygen atoms in total. The summed E-state index contributed by atoms with van der Waals surface area (Å²) in [7, 11) is 0. The van der Waals surface area contributed by atoms with Crippen LogP contribution < -0.4 is 4.90 Å². The molecule has 2 amide bonds. The number of nitrogens with zero attached hydrogens (tertiary/aromatic N) is 3. The summed E-state index contributed by atoms with van der Waals surface area (Å²) in [5.41, 5.74) is 2.73. The van der Waals surface area contributed by atoms with Crippen molar-refractivity contribution in [2.45, 2.75) is 65.0 Å². The number of aryl methyl sites for hydroxylation is 1. The number of hydrogen-bond donors (Lipinski definition) is 0. The minimum absolute atomic E-state index is 0.0118. The summed E-state index contributed by atoms with van der Waals surface area (Å²) in [4.78, 5) is 31.8. The number of carbonyl (C=O) groups is 2. The van der Waals surface area contributed by atoms with E-state index in [2.05, 4.69) is 17.0 Å². The summed E-state index contributed by atoms with van der Waals surface area (Å²) in [5.74, 6) is 0.630. The Morgan fingerprint density at radius 3 is 2.26 bits per heavy atom. The Balaban J connectivity index is 1.36. The second kappa shape index (κ2) is 12.2. The van der Waals surface area contributed by atoms with Crippen LogP contribution in [0.25, 0.3) is 0 Å². The van der Waals surface area contributed by atoms with Crippen LogP contribution in [0.1, 0.15) is 63.6 Å². The van der Waals surface area contributed by atoms with Gasteiger partial charge in [-0.05, 0) is 88.3 Å². The summed E-state index contributed by atoms with van der Waals surface area (Å²) in [5, 5.41) is 1.41. The van der Waals surface area contributed by atoms with Crippen LogP contribution >= 0.6 is 23.2 Å². The van der Waals surface area contributed by atoms with Crippen molar-refractivity contribution in [1.82, 2.24) is 9.80 Å². The summed E-state index contributed by atoms with van der Waals surface area (Å²) in [6, 6.07) is 14.0. The summed E-state index contributed by atoms with van der Waals surface area (Å²) in [6.07, 6.45) is 2.93. The molecule has 2 aromatic carbocycles. The molecule has 0 radical (unpaired) electrons. The van der Waals surface area contributed by atoms with E-state index in [1.165, 1.54) is 0 Å². The minimum atomic E-state index is -0.487. The van der Waals surface area contributed by atoms with Crippen molar-refractivity contribution in [3.05, 3.63) is 63.6 Å². The SMILES string of the molecule is Cc1ccc(N2CCN(C(=O)CCC3CCN(C(=O)OC(C)(C)C)CC3)C[C@H]2c2ccc(Cl)cc2)c(Cl)c1. The Labute approximate surface area is 236 Å². The predicted octanol–water partition coefficient (Wildman–Crippen LogP) is 7.12. The van der Waals surface area contributed by atoms with E-state index in [9.17, 15) is 9.59 Å². The molecule has 0 aromatic heterocycles. The maximum Gasteiger partial charge on any atom is 0.410 e. The zero-order valence-corrected chi connectivity index (χ0v) is 24.4. The van der Waals surface area contributed by atoms with Crippen molar-refractivity contribution < 1.29 is 14.3 Å². The second-order valence-electron chi connectivity index (χ2n) is 11.5. The average molecular weight is 561 g/mol. The van der Waals surface area contributed by atoms with Gasteiger partial charge in [0.1, 0.15) is 5.60 Å². The molecule has 0 N–H and O–H groups in total. The van der Waals surface area contributed by atoms with E-state index in [1.54, 1.807) is 4.90 Å². The van der Waals surface area contributed by atoms with Gasteiger partial charge in [-0.15, -0.1) is 0 Å². The number of benzene rings is 2. The van der Waals surface area contributed by atoms with Gasteiger partial charge in [-0.1, -0.05) is 41.4 Å². The molecule has 2 aliphatic heterocycles. The topological polar surface area (TPSA) is 53.1 Å². The van der Waals surface area contributed by atoms with Crippen molar-refractivity contribution in [3.8, 4) is 0 Å². The molecule has 0 aliphatic carbocycles. The fourth-order valence-electron chi connectivity index (χ4n) is 5.33. The highest BCUT2D eigenvalue weighted by molar-refractivity contribution is 6.33. The van der Waals surface area contributed by atoms with Gasteiger partial charge in [0.25, 0.3) is 0 Å². The van der Waals surface area contributed by atoms with Gasteiger partial charge in [0.15, 0.2) is 0 Å². The van der Waals surface area contributed by atoms with E-state index >= 15 is 0 Å². The van der Waals surface area contributed by atoms with E-state index in [1.807, 2.05) is 62.9 Å². The maximum absolute atomic E-state index is 13.3. The number of hydrogen-bond acceptors (Lipinski definition) is 4. The number of ether oxygens (including phenoxy) is 1. The zero-order valence-electron chi connectivity index (χ0n) is 22.9. The number of anilines is 1. The molecule has 0 unspecified atom stereocenters. The Morgan fingerprint density at radius 1 is 0.947 bits per heavy atom. The first-order chi connectivity index (χ1) is 18.0. The van der Waals surface area contributed by atoms with Crippen LogP contribution in [0.3, 0.4) is 0 Å². The third-order valence-electron chi connectivity index (χ3n) is 7.43. The zero-order chi connectivity index (χ0) is 27.4. The van der Waals surface area contributed by atoms with Crippen LogP contribution in [0.15, 0.2) is 42.5 Å². The maximum atomic E-state index is 13.3. The predicted molar refractivity (Wildman–Crippen MR) is 154 cm³/mol. The quantitative estimate of drug-likeness (QED) is 0.391. The van der Waals surface area contributed by atoms with E-state index < -0.39 is 5.60 Å². The molecule has 8 heteroatoms. The first-order valence-corrected chi connectivity index (χ1v) is 14.3. The average Bonchev–Trinajstić information content (AvgIpc) is 2.87. The number of halogens is 2. The molecule has 2 aliphatic rings. The first-order valence-electron chi connectivity index (χ1n) is 13.5. The highest BCUT2D eigenvalue weighted by Crippen LogP contribution is 2.36. The summed E-state index contributed by atoms with van der Waals surface area (Å²) < 4.78 is 5.50. The van der Waals surface area contributed by atoms with Gasteiger partial charge in [-0.2, -0.15) is 0 Å². The Kier molecular flexibility index (Phi) is 9.15. The van der Waals surface area contributed by atoms with Gasteiger partial charge < -0.3 is 19.4 Å². The molecular weight excluding hydrogens is 521 g/mol. The van der Waals surface area contributed by atoms with Crippen molar-refractivity contribution in [1.29, 1.82) is 0 Å². The Morgan fingerprint density at radius 2 is 1.63 bits per heavy atom. The van der Waals surface area contributed by atoms with Crippen molar-refractivity contribution in [2.24, 2.45) is 5.92 Å². The fourth-order valence-corrected chi connectivity index (χ4v) is 5.80. The lowest BCUT2D eigenvalue weighted by molar-refractivity contribution is -0.132. The monoisotopic (exact) mass is 559 g/mol. The molecule has 2 fully saturated rings. The number of piperidine rings is 1. The van der Waals surface area contributed by atoms with E-state index in [4.69, 9.17) is 27.9 Å². The van der Waals surface area contributed by atoms with Crippen molar-refractivity contribution in [2.75, 3.05) is 37.6 Å². The molecule has 0 bridgehead atoms. The molecule has 0 saturated carbocycles. The number of rotatable bonds is 5. The highest BCUT2D eigenvalue weighted by atomic mass is 35.5. The lowest BCUT2D eigenvalue weighted by Gasteiger charge is -2.43. The minimum Gasteiger partial charge on any atom is -0.444 e. The van der Waals surface area contributed by atoms with E-state index in [-0.39, 0.29) is 18.0 Å². The molecule has 4 rings (SSSR count). The van der Waals surface area contributed by atoms with Gasteiger partial charge in [-0.25, -0.2) is 4.79 Å². The normalized spacial score (nSPS) is 19.0. The molecule has 206 valence electrons. The number of carbonyl (C=O) groups excluding carboxylic acids is 2. The van der Waals surface area contributed by atoms with Crippen molar-refractivity contribution >= 4 is 40.9 Å². The highest BCUT2D eigenvalue weighted by Gasteiger charge is 2.33. The van der Waals surface area contributed by atoms with Gasteiger partial charge >= 0.3 is 6.09 Å². The smallest absolute Gasteiger partial charge is 0.410 e. The Hall–Kier alpha value is -2.44. The second-order valence-corrected chi connectivity index (χ2v) is 12.3. The molecule has 38 heavy (non-hydrogen) atoms. The van der Waals surface area contributed by atoms with Crippen LogP contribution in [0.2, 0.25) is 10.0 Å². The van der Waals surface area contributed by atoms with Gasteiger partial charge in [0.05, 0.1) is 16.8 Å². The molecular formula is C30H39Cl2N3O3. The third-order valence-corrected chi connectivity index (χ3v) is 7.99. The van der Waals surface area contributed by atoms with Crippen LogP contribution in [0.4, 0.5) is 10.5 Å². The largest absolute Gasteiger partial charge is 0.444 e. The van der Waals surface area contributed by atoms with Crippen LogP contribution in [-0.2, 0) is 9.53 Å². The van der Waals surface area contributed by atoms with Gasteiger partial charge in [-0.3, -0.25) is 4.79 Å². The van der Waals surface area contributed by atoms with Crippen LogP contribution in [0.5, 0.6) is 0 Å². The van der Waals surface area contributed by atoms with Gasteiger partial charge in [0.2, 0.25) is 5.91 Å². The van der Waals surface area contributed by atoms with E-state index in [0.29, 0.717) is 50.1 Å². The fraction of sp³-hybridized carbons (Fsp3) is 0.533. The van der Waals surface area contributed by atoms with E-state index in [0.717, 1.165) is 41.1 Å². The summed E-state index contributed by atoms with van der Waals surface area (Å²) in [6.45, 7) is 11.0. The molecule has 2 heterocycles. The third kappa shape index (κ3) is 7.35.